The summed E-state index contributed by atoms with van der Waals surface area (Å²) in [4.78, 5) is 0. The molecule has 1 saturated heterocycles. The molecule has 0 amide bonds. The Labute approximate surface area is 56.9 Å². The van der Waals surface area contributed by atoms with Crippen molar-refractivity contribution < 1.29 is 4.74 Å². The fourth-order valence-corrected chi connectivity index (χ4v) is 0.625. The summed E-state index contributed by atoms with van der Waals surface area (Å²) in [5.41, 5.74) is 0. The van der Waals surface area contributed by atoms with Crippen LogP contribution in [0, 0.1) is 0 Å². The maximum Gasteiger partial charge on any atom is 0.0766 e. The molecule has 54 valence electrons. The maximum atomic E-state index is 4.31. The first kappa shape index (κ1) is 8.50. The maximum absolute atomic E-state index is 4.31. The van der Waals surface area contributed by atoms with Crippen molar-refractivity contribution in [3.63, 3.8) is 0 Å². The summed E-state index contributed by atoms with van der Waals surface area (Å²) in [6.07, 6.45) is 4.15. The molecule has 1 N–H and O–H groups in total. The molecule has 1 fully saturated rings. The van der Waals surface area contributed by atoms with Crippen LogP contribution in [0.4, 0.5) is 0 Å². The van der Waals surface area contributed by atoms with Gasteiger partial charge >= 0.3 is 0 Å². The van der Waals surface area contributed by atoms with E-state index in [1.54, 1.807) is 7.11 Å². The molecule has 0 atom stereocenters. The minimum Gasteiger partial charge on any atom is -0.505 e. The summed E-state index contributed by atoms with van der Waals surface area (Å²) in [7, 11) is 1.56. The summed E-state index contributed by atoms with van der Waals surface area (Å²) in [5, 5.41) is 3.22. The van der Waals surface area contributed by atoms with Crippen LogP contribution in [0.25, 0.3) is 0 Å². The van der Waals surface area contributed by atoms with Gasteiger partial charge in [0.1, 0.15) is 0 Å². The first-order chi connectivity index (χ1) is 4.41. The third kappa shape index (κ3) is 7.50. The van der Waals surface area contributed by atoms with Crippen molar-refractivity contribution in [1.29, 1.82) is 0 Å². The molecule has 0 bridgehead atoms. The second-order valence-corrected chi connectivity index (χ2v) is 1.86. The molecule has 0 unspecified atom stereocenters. The fraction of sp³-hybridized carbons (Fsp3) is 0.714. The molecular weight excluding hydrogens is 114 g/mol. The van der Waals surface area contributed by atoms with Crippen LogP contribution in [-0.2, 0) is 4.74 Å². The Morgan fingerprint density at radius 1 is 1.44 bits per heavy atom. The van der Waals surface area contributed by atoms with Crippen molar-refractivity contribution in [3.8, 4) is 0 Å². The first-order valence-electron chi connectivity index (χ1n) is 3.26. The van der Waals surface area contributed by atoms with E-state index in [-0.39, 0.29) is 0 Å². The van der Waals surface area contributed by atoms with Crippen LogP contribution in [0.3, 0.4) is 0 Å². The summed E-state index contributed by atoms with van der Waals surface area (Å²) in [6.45, 7) is 5.76. The van der Waals surface area contributed by atoms with Gasteiger partial charge in [-0.25, -0.2) is 0 Å². The highest BCUT2D eigenvalue weighted by Crippen LogP contribution is 1.90. The largest absolute Gasteiger partial charge is 0.505 e. The first-order valence-corrected chi connectivity index (χ1v) is 3.26. The Kier molecular flexibility index (Phi) is 7.08. The molecule has 0 radical (unpaired) electrons. The van der Waals surface area contributed by atoms with Gasteiger partial charge in [-0.05, 0) is 25.9 Å². The highest BCUT2D eigenvalue weighted by molar-refractivity contribution is 4.55. The van der Waals surface area contributed by atoms with Crippen molar-refractivity contribution >= 4 is 0 Å². The van der Waals surface area contributed by atoms with Gasteiger partial charge in [0.15, 0.2) is 0 Å². The smallest absolute Gasteiger partial charge is 0.0766 e. The number of ether oxygens (including phenoxy) is 1. The monoisotopic (exact) mass is 129 g/mol. The number of rotatable bonds is 1. The minimum absolute atomic E-state index is 1.25. The average Bonchev–Trinajstić information content (AvgIpc) is 2.43. The lowest BCUT2D eigenvalue weighted by atomic mass is 10.4. The van der Waals surface area contributed by atoms with Crippen LogP contribution in [-0.4, -0.2) is 20.2 Å². The fourth-order valence-electron chi connectivity index (χ4n) is 0.625. The van der Waals surface area contributed by atoms with Crippen molar-refractivity contribution in [2.75, 3.05) is 20.2 Å². The van der Waals surface area contributed by atoms with Gasteiger partial charge < -0.3 is 10.1 Å². The predicted molar refractivity (Wildman–Crippen MR) is 39.3 cm³/mol. The summed E-state index contributed by atoms with van der Waals surface area (Å²) in [5.74, 6) is 0. The van der Waals surface area contributed by atoms with Crippen molar-refractivity contribution in [2.45, 2.75) is 12.8 Å². The molecule has 0 aromatic rings. The van der Waals surface area contributed by atoms with E-state index < -0.39 is 0 Å². The molecule has 0 aliphatic carbocycles. The zero-order chi connectivity index (χ0) is 6.95. The molecule has 2 heteroatoms. The lowest BCUT2D eigenvalue weighted by molar-refractivity contribution is 0.339. The molecule has 2 nitrogen and oxygen atoms in total. The van der Waals surface area contributed by atoms with Gasteiger partial charge in [-0.1, -0.05) is 6.58 Å². The zero-order valence-electron chi connectivity index (χ0n) is 6.02. The number of hydrogen-bond donors (Lipinski definition) is 1. The Morgan fingerprint density at radius 3 is 2.00 bits per heavy atom. The lowest BCUT2D eigenvalue weighted by Crippen LogP contribution is -2.03. The lowest BCUT2D eigenvalue weighted by Gasteiger charge is -1.76. The van der Waals surface area contributed by atoms with E-state index in [0.29, 0.717) is 0 Å². The van der Waals surface area contributed by atoms with E-state index in [9.17, 15) is 0 Å². The predicted octanol–water partition coefficient (Wildman–Crippen LogP) is 1.15. The molecule has 0 aromatic heterocycles. The molecule has 1 aliphatic heterocycles. The standard InChI is InChI=1S/C4H9N.C3H6O/c1-2-4-5-3-1;1-3-4-2/h5H,1-4H2;3H,1H2,2H3. The van der Waals surface area contributed by atoms with Crippen molar-refractivity contribution in [1.82, 2.24) is 5.32 Å². The highest BCUT2D eigenvalue weighted by Gasteiger charge is 1.93. The number of hydrogen-bond acceptors (Lipinski definition) is 2. The minimum atomic E-state index is 1.25. The van der Waals surface area contributed by atoms with Crippen LogP contribution in [0.2, 0.25) is 0 Å². The van der Waals surface area contributed by atoms with Gasteiger partial charge in [-0.3, -0.25) is 0 Å². The van der Waals surface area contributed by atoms with Gasteiger partial charge in [0, 0.05) is 0 Å². The zero-order valence-corrected chi connectivity index (χ0v) is 6.02. The molecule has 1 rings (SSSR count). The topological polar surface area (TPSA) is 21.3 Å². The van der Waals surface area contributed by atoms with E-state index in [1.165, 1.54) is 32.2 Å². The molecule has 1 heterocycles. The second kappa shape index (κ2) is 7.50. The molecule has 0 saturated carbocycles. The Balaban J connectivity index is 0.000000148. The van der Waals surface area contributed by atoms with Gasteiger partial charge in [0.25, 0.3) is 0 Å². The van der Waals surface area contributed by atoms with Gasteiger partial charge in [0.2, 0.25) is 0 Å². The van der Waals surface area contributed by atoms with Gasteiger partial charge in [-0.15, -0.1) is 0 Å². The Bertz CT molecular complexity index is 52.3. The summed E-state index contributed by atoms with van der Waals surface area (Å²) >= 11 is 0. The molecule has 9 heavy (non-hydrogen) atoms. The van der Waals surface area contributed by atoms with Crippen molar-refractivity contribution in [2.24, 2.45) is 0 Å². The average molecular weight is 129 g/mol. The number of nitrogens with one attached hydrogen (secondary N) is 1. The van der Waals surface area contributed by atoms with Crippen LogP contribution in [0.5, 0.6) is 0 Å². The molecule has 1 aliphatic rings. The molecular formula is C7H15NO. The Morgan fingerprint density at radius 2 is 1.89 bits per heavy atom. The second-order valence-electron chi connectivity index (χ2n) is 1.86. The summed E-state index contributed by atoms with van der Waals surface area (Å²) in [6, 6.07) is 0. The normalized spacial score (nSPS) is 15.7. The quantitative estimate of drug-likeness (QED) is 0.536. The van der Waals surface area contributed by atoms with E-state index >= 15 is 0 Å². The third-order valence-electron chi connectivity index (χ3n) is 1.12. The SMILES string of the molecule is C1CCNC1.C=COC. The number of methoxy groups -OCH3 is 1. The van der Waals surface area contributed by atoms with Crippen LogP contribution in [0.15, 0.2) is 12.8 Å². The van der Waals surface area contributed by atoms with Crippen LogP contribution in [0.1, 0.15) is 12.8 Å². The highest BCUT2D eigenvalue weighted by atomic mass is 16.5. The van der Waals surface area contributed by atoms with Crippen molar-refractivity contribution in [3.05, 3.63) is 12.8 Å². The van der Waals surface area contributed by atoms with E-state index in [0.717, 1.165) is 0 Å². The van der Waals surface area contributed by atoms with Crippen LogP contribution < -0.4 is 5.32 Å². The van der Waals surface area contributed by atoms with Gasteiger partial charge in [-0.2, -0.15) is 0 Å². The summed E-state index contributed by atoms with van der Waals surface area (Å²) < 4.78 is 4.31. The Hall–Kier alpha value is -0.500. The van der Waals surface area contributed by atoms with E-state index in [1.807, 2.05) is 0 Å². The molecule has 0 aromatic carbocycles. The third-order valence-corrected chi connectivity index (χ3v) is 1.12. The van der Waals surface area contributed by atoms with E-state index in [2.05, 4.69) is 16.6 Å². The van der Waals surface area contributed by atoms with E-state index in [4.69, 9.17) is 0 Å². The van der Waals surface area contributed by atoms with Gasteiger partial charge in [0.05, 0.1) is 13.4 Å². The van der Waals surface area contributed by atoms with Crippen LogP contribution >= 0.6 is 0 Å². The molecule has 0 spiro atoms.